The van der Waals surface area contributed by atoms with E-state index in [2.05, 4.69) is 28.4 Å². The number of thiol groups is 1. The van der Waals surface area contributed by atoms with Gasteiger partial charge in [-0.3, -0.25) is 0 Å². The fourth-order valence-corrected chi connectivity index (χ4v) is 1.34. The molecule has 1 N–H and O–H groups in total. The van der Waals surface area contributed by atoms with Crippen LogP contribution in [0.5, 0.6) is 0 Å². The number of hydrogen-bond donors (Lipinski definition) is 2. The van der Waals surface area contributed by atoms with E-state index in [1.807, 2.05) is 0 Å². The van der Waals surface area contributed by atoms with Crippen molar-refractivity contribution in [1.82, 2.24) is 19.7 Å². The molecule has 0 aliphatic carbocycles. The second-order valence-electron chi connectivity index (χ2n) is 2.65. The van der Waals surface area contributed by atoms with Gasteiger partial charge < -0.3 is 10.1 Å². The minimum atomic E-state index is 0.166. The van der Waals surface area contributed by atoms with E-state index in [0.717, 1.165) is 18.8 Å². The zero-order valence-corrected chi connectivity index (χ0v) is 7.37. The minimum Gasteiger partial charge on any atom is -0.378 e. The average molecular weight is 186 g/mol. The van der Waals surface area contributed by atoms with Crippen molar-refractivity contribution in [1.29, 1.82) is 0 Å². The van der Waals surface area contributed by atoms with Gasteiger partial charge in [0.15, 0.2) is 0 Å². The van der Waals surface area contributed by atoms with E-state index < -0.39 is 0 Å². The van der Waals surface area contributed by atoms with Gasteiger partial charge in [-0.2, -0.15) is 4.09 Å². The van der Waals surface area contributed by atoms with E-state index in [4.69, 9.17) is 4.74 Å². The quantitative estimate of drug-likeness (QED) is 0.588. The van der Waals surface area contributed by atoms with Crippen LogP contribution in [0.15, 0.2) is 6.20 Å². The number of rotatable bonds is 1. The van der Waals surface area contributed by atoms with E-state index in [9.17, 15) is 0 Å². The van der Waals surface area contributed by atoms with Gasteiger partial charge >= 0.3 is 0 Å². The molecule has 1 atom stereocenters. The number of nitrogens with zero attached hydrogens (tertiary/aromatic N) is 3. The monoisotopic (exact) mass is 186 g/mol. The summed E-state index contributed by atoms with van der Waals surface area (Å²) < 4.78 is 6.68. The molecule has 1 aromatic heterocycles. The van der Waals surface area contributed by atoms with Crippen LogP contribution in [-0.4, -0.2) is 34.2 Å². The Balaban J connectivity index is 2.08. The Morgan fingerprint density at radius 2 is 2.67 bits per heavy atom. The number of ether oxygens (including phenoxy) is 1. The number of hydrogen-bond acceptors (Lipinski definition) is 5. The van der Waals surface area contributed by atoms with Crippen LogP contribution in [0.3, 0.4) is 0 Å². The fraction of sp³-hybridized carbons (Fsp3) is 0.667. The fourth-order valence-electron chi connectivity index (χ4n) is 1.18. The lowest BCUT2D eigenvalue weighted by molar-refractivity contribution is 0.0756. The molecule has 1 aliphatic heterocycles. The van der Waals surface area contributed by atoms with Gasteiger partial charge in [0, 0.05) is 6.54 Å². The summed E-state index contributed by atoms with van der Waals surface area (Å²) in [6.45, 7) is 2.29. The molecule has 0 amide bonds. The third kappa shape index (κ3) is 1.60. The maximum absolute atomic E-state index is 5.28. The highest BCUT2D eigenvalue weighted by Crippen LogP contribution is 2.11. The molecule has 66 valence electrons. The van der Waals surface area contributed by atoms with E-state index in [-0.39, 0.29) is 6.04 Å². The second kappa shape index (κ2) is 3.42. The standard InChI is InChI=1S/C6H10N4OS/c12-10-3-5(8-9-10)6-4-11-2-1-7-6/h3,6-7,12H,1-2,4H2. The van der Waals surface area contributed by atoms with Crippen molar-refractivity contribution in [3.05, 3.63) is 11.9 Å². The summed E-state index contributed by atoms with van der Waals surface area (Å²) in [7, 11) is 0. The molecule has 12 heavy (non-hydrogen) atoms. The van der Waals surface area contributed by atoms with Gasteiger partial charge in [0.25, 0.3) is 0 Å². The van der Waals surface area contributed by atoms with Gasteiger partial charge in [0.1, 0.15) is 5.69 Å². The highest BCUT2D eigenvalue weighted by Gasteiger charge is 2.17. The first kappa shape index (κ1) is 8.03. The first-order valence-corrected chi connectivity index (χ1v) is 4.19. The van der Waals surface area contributed by atoms with Crippen LogP contribution in [0.2, 0.25) is 0 Å². The van der Waals surface area contributed by atoms with E-state index in [1.165, 1.54) is 4.09 Å². The van der Waals surface area contributed by atoms with Crippen molar-refractivity contribution in [2.24, 2.45) is 0 Å². The molecule has 5 nitrogen and oxygen atoms in total. The lowest BCUT2D eigenvalue weighted by Gasteiger charge is -2.21. The largest absolute Gasteiger partial charge is 0.378 e. The molecular weight excluding hydrogens is 176 g/mol. The third-order valence-corrected chi connectivity index (χ3v) is 1.97. The van der Waals surface area contributed by atoms with Gasteiger partial charge in [-0.15, -0.1) is 5.10 Å². The van der Waals surface area contributed by atoms with E-state index >= 15 is 0 Å². The van der Waals surface area contributed by atoms with Crippen LogP contribution in [0.4, 0.5) is 0 Å². The molecule has 0 aromatic carbocycles. The summed E-state index contributed by atoms with van der Waals surface area (Å²) in [4.78, 5) is 0. The average Bonchev–Trinajstić information content (AvgIpc) is 2.54. The van der Waals surface area contributed by atoms with Crippen LogP contribution in [0, 0.1) is 0 Å². The van der Waals surface area contributed by atoms with Crippen molar-refractivity contribution in [3.8, 4) is 0 Å². The summed E-state index contributed by atoms with van der Waals surface area (Å²) in [6.07, 6.45) is 1.77. The molecule has 0 saturated carbocycles. The second-order valence-corrected chi connectivity index (χ2v) is 3.06. The third-order valence-electron chi connectivity index (χ3n) is 1.78. The van der Waals surface area contributed by atoms with Gasteiger partial charge in [-0.05, 0) is 12.8 Å². The van der Waals surface area contributed by atoms with Crippen molar-refractivity contribution >= 4 is 12.8 Å². The molecule has 1 saturated heterocycles. The van der Waals surface area contributed by atoms with Crippen LogP contribution < -0.4 is 5.32 Å². The predicted molar refractivity (Wildman–Crippen MR) is 46.0 cm³/mol. The van der Waals surface area contributed by atoms with Crippen LogP contribution in [-0.2, 0) is 4.74 Å². The molecule has 2 rings (SSSR count). The van der Waals surface area contributed by atoms with Crippen molar-refractivity contribution in [2.75, 3.05) is 19.8 Å². The molecule has 1 fully saturated rings. The molecule has 1 aliphatic rings. The lowest BCUT2D eigenvalue weighted by Crippen LogP contribution is -2.34. The topological polar surface area (TPSA) is 52.0 Å². The SMILES string of the molecule is Sn1cc(C2COCCN2)nn1. The van der Waals surface area contributed by atoms with Crippen molar-refractivity contribution < 1.29 is 4.74 Å². The molecule has 0 bridgehead atoms. The van der Waals surface area contributed by atoms with Crippen LogP contribution in [0.1, 0.15) is 11.7 Å². The summed E-state index contributed by atoms with van der Waals surface area (Å²) in [6, 6.07) is 0.166. The highest BCUT2D eigenvalue weighted by molar-refractivity contribution is 7.78. The smallest absolute Gasteiger partial charge is 0.103 e. The maximum atomic E-state index is 5.28. The maximum Gasteiger partial charge on any atom is 0.103 e. The number of aromatic nitrogens is 3. The predicted octanol–water partition coefficient (Wildman–Crippen LogP) is -0.368. The van der Waals surface area contributed by atoms with Gasteiger partial charge in [-0.1, -0.05) is 5.21 Å². The van der Waals surface area contributed by atoms with Gasteiger partial charge in [0.05, 0.1) is 25.5 Å². The molecule has 6 heteroatoms. The lowest BCUT2D eigenvalue weighted by atomic mass is 10.2. The Kier molecular flexibility index (Phi) is 2.29. The zero-order chi connectivity index (χ0) is 8.39. The molecule has 1 aromatic rings. The normalized spacial score (nSPS) is 24.2. The zero-order valence-electron chi connectivity index (χ0n) is 6.47. The Bertz CT molecular complexity index is 258. The Labute approximate surface area is 75.6 Å². The highest BCUT2D eigenvalue weighted by atomic mass is 32.1. The Morgan fingerprint density at radius 1 is 1.75 bits per heavy atom. The molecule has 0 spiro atoms. The first-order valence-electron chi connectivity index (χ1n) is 3.79. The minimum absolute atomic E-state index is 0.166. The van der Waals surface area contributed by atoms with Crippen LogP contribution in [0.25, 0.3) is 0 Å². The summed E-state index contributed by atoms with van der Waals surface area (Å²) >= 11 is 4.00. The first-order chi connectivity index (χ1) is 5.86. The van der Waals surface area contributed by atoms with Crippen molar-refractivity contribution in [2.45, 2.75) is 6.04 Å². The Hall–Kier alpha value is -0.590. The molecule has 2 heterocycles. The Morgan fingerprint density at radius 3 is 3.25 bits per heavy atom. The van der Waals surface area contributed by atoms with E-state index in [1.54, 1.807) is 6.20 Å². The molecule has 0 radical (unpaired) electrons. The summed E-state index contributed by atoms with van der Waals surface area (Å²) in [5, 5.41) is 10.9. The molecule has 1 unspecified atom stereocenters. The summed E-state index contributed by atoms with van der Waals surface area (Å²) in [5.41, 5.74) is 0.879. The number of morpholine rings is 1. The summed E-state index contributed by atoms with van der Waals surface area (Å²) in [5.74, 6) is 0. The van der Waals surface area contributed by atoms with E-state index in [0.29, 0.717) is 6.61 Å². The van der Waals surface area contributed by atoms with Crippen molar-refractivity contribution in [3.63, 3.8) is 0 Å². The molecular formula is C6H10N4OS. The van der Waals surface area contributed by atoms with Gasteiger partial charge in [-0.25, -0.2) is 0 Å². The van der Waals surface area contributed by atoms with Crippen LogP contribution >= 0.6 is 12.8 Å². The van der Waals surface area contributed by atoms with Gasteiger partial charge in [0.2, 0.25) is 0 Å². The number of nitrogens with one attached hydrogen (secondary N) is 1.